The van der Waals surface area contributed by atoms with Crippen LogP contribution < -0.4 is 0 Å². The molecule has 3 unspecified atom stereocenters. The van der Waals surface area contributed by atoms with Gasteiger partial charge in [0.05, 0.1) is 26.4 Å². The highest BCUT2D eigenvalue weighted by Gasteiger charge is 2.58. The maximum Gasteiger partial charge on any atom is 0.410 e. The van der Waals surface area contributed by atoms with E-state index >= 15 is 0 Å². The molecule has 0 radical (unpaired) electrons. The van der Waals surface area contributed by atoms with E-state index in [4.69, 9.17) is 9.47 Å². The van der Waals surface area contributed by atoms with Crippen LogP contribution in [-0.4, -0.2) is 96.6 Å². The summed E-state index contributed by atoms with van der Waals surface area (Å²) in [6, 6.07) is 0.929. The van der Waals surface area contributed by atoms with Gasteiger partial charge in [0.2, 0.25) is 0 Å². The number of ether oxygens (including phenoxy) is 2. The topological polar surface area (TPSA) is 82.6 Å². The summed E-state index contributed by atoms with van der Waals surface area (Å²) in [4.78, 5) is 29.7. The van der Waals surface area contributed by atoms with Crippen LogP contribution in [0.5, 0.6) is 0 Å². The van der Waals surface area contributed by atoms with E-state index in [0.29, 0.717) is 38.3 Å². The molecule has 3 saturated heterocycles. The van der Waals surface area contributed by atoms with Crippen molar-refractivity contribution in [2.45, 2.75) is 57.2 Å². The second-order valence-electron chi connectivity index (χ2n) is 8.94. The first-order valence-electron chi connectivity index (χ1n) is 10.6. The van der Waals surface area contributed by atoms with Crippen LogP contribution >= 0.6 is 0 Å². The van der Waals surface area contributed by atoms with Crippen molar-refractivity contribution < 1.29 is 24.2 Å². The summed E-state index contributed by atoms with van der Waals surface area (Å²) in [6.45, 7) is 6.82. The highest BCUT2D eigenvalue weighted by molar-refractivity contribution is 5.68. The van der Waals surface area contributed by atoms with Crippen LogP contribution in [0.2, 0.25) is 0 Å². The molecule has 4 rings (SSSR count). The molecule has 1 saturated carbocycles. The van der Waals surface area contributed by atoms with Crippen molar-refractivity contribution in [2.24, 2.45) is 11.3 Å². The van der Waals surface area contributed by atoms with Crippen molar-refractivity contribution in [1.29, 1.82) is 0 Å². The largest absolute Gasteiger partial charge is 0.465 e. The number of carboxylic acid groups (broad SMARTS) is 1. The molecule has 0 aromatic heterocycles. The number of carbonyl (C=O) groups excluding carboxylic acids is 1. The van der Waals surface area contributed by atoms with Crippen molar-refractivity contribution >= 4 is 12.2 Å². The molecular formula is C20H33N3O5. The summed E-state index contributed by atoms with van der Waals surface area (Å²) in [5, 5.41) is 9.32. The van der Waals surface area contributed by atoms with Gasteiger partial charge in [-0.3, -0.25) is 9.80 Å². The zero-order valence-electron chi connectivity index (χ0n) is 17.0. The maximum absolute atomic E-state index is 12.3. The molecule has 4 aliphatic rings. The first-order chi connectivity index (χ1) is 13.5. The number of amides is 2. The Morgan fingerprint density at radius 1 is 1.21 bits per heavy atom. The average Bonchev–Trinajstić information content (AvgIpc) is 3.10. The highest BCUT2D eigenvalue weighted by atomic mass is 16.5. The van der Waals surface area contributed by atoms with Crippen LogP contribution in [0.4, 0.5) is 9.59 Å². The summed E-state index contributed by atoms with van der Waals surface area (Å²) in [5.41, 5.74) is 0.190. The zero-order chi connectivity index (χ0) is 19.9. The predicted molar refractivity (Wildman–Crippen MR) is 102 cm³/mol. The van der Waals surface area contributed by atoms with Gasteiger partial charge in [0.15, 0.2) is 0 Å². The first kappa shape index (κ1) is 19.8. The standard InChI is InChI=1S/C20H33N3O5/c1-3-16-17(10-20(16)6-9-22(13-20)18(24)25)21-7-4-14(5-8-21)23(19(26)27-2)15-11-28-12-15/h14-17H,3-13H2,1-2H3,(H,24,25). The van der Waals surface area contributed by atoms with Gasteiger partial charge in [0, 0.05) is 38.3 Å². The van der Waals surface area contributed by atoms with Gasteiger partial charge in [0.1, 0.15) is 0 Å². The van der Waals surface area contributed by atoms with Crippen molar-refractivity contribution in [3.63, 3.8) is 0 Å². The van der Waals surface area contributed by atoms with Crippen molar-refractivity contribution in [1.82, 2.24) is 14.7 Å². The molecule has 1 N–H and O–H groups in total. The summed E-state index contributed by atoms with van der Waals surface area (Å²) in [6.07, 6.45) is 4.13. The molecule has 158 valence electrons. The van der Waals surface area contributed by atoms with Crippen molar-refractivity contribution in [2.75, 3.05) is 46.5 Å². The lowest BCUT2D eigenvalue weighted by Gasteiger charge is -2.58. The third-order valence-corrected chi connectivity index (χ3v) is 7.72. The van der Waals surface area contributed by atoms with E-state index in [-0.39, 0.29) is 23.6 Å². The number of hydrogen-bond donors (Lipinski definition) is 1. The van der Waals surface area contributed by atoms with Gasteiger partial charge >= 0.3 is 12.2 Å². The van der Waals surface area contributed by atoms with Crippen LogP contribution in [0.3, 0.4) is 0 Å². The monoisotopic (exact) mass is 395 g/mol. The van der Waals surface area contributed by atoms with Crippen LogP contribution in [0.15, 0.2) is 0 Å². The Balaban J connectivity index is 1.34. The van der Waals surface area contributed by atoms with Crippen LogP contribution in [0.1, 0.15) is 39.0 Å². The number of likely N-dealkylation sites (tertiary alicyclic amines) is 2. The van der Waals surface area contributed by atoms with Crippen molar-refractivity contribution in [3.05, 3.63) is 0 Å². The lowest BCUT2D eigenvalue weighted by atomic mass is 9.54. The Morgan fingerprint density at radius 2 is 1.93 bits per heavy atom. The Hall–Kier alpha value is -1.54. The fourth-order valence-corrected chi connectivity index (χ4v) is 6.16. The number of piperidine rings is 1. The van der Waals surface area contributed by atoms with Gasteiger partial charge in [0.25, 0.3) is 0 Å². The van der Waals surface area contributed by atoms with E-state index < -0.39 is 6.09 Å². The molecule has 1 aliphatic carbocycles. The summed E-state index contributed by atoms with van der Waals surface area (Å²) in [7, 11) is 1.45. The van der Waals surface area contributed by atoms with Crippen molar-refractivity contribution in [3.8, 4) is 0 Å². The average molecular weight is 396 g/mol. The van der Waals surface area contributed by atoms with Crippen LogP contribution in [0.25, 0.3) is 0 Å². The predicted octanol–water partition coefficient (Wildman–Crippen LogP) is 2.09. The number of hydrogen-bond acceptors (Lipinski definition) is 5. The Kier molecular flexibility index (Phi) is 5.44. The normalized spacial score (nSPS) is 34.1. The molecule has 1 spiro atoms. The molecule has 0 aromatic rings. The molecule has 2 amide bonds. The maximum atomic E-state index is 12.3. The molecule has 3 aliphatic heterocycles. The smallest absolute Gasteiger partial charge is 0.410 e. The number of rotatable bonds is 4. The van der Waals surface area contributed by atoms with E-state index in [2.05, 4.69) is 11.8 Å². The lowest BCUT2D eigenvalue weighted by Crippen LogP contribution is -2.63. The molecular weight excluding hydrogens is 362 g/mol. The summed E-state index contributed by atoms with van der Waals surface area (Å²) < 4.78 is 10.3. The second kappa shape index (κ2) is 7.71. The number of methoxy groups -OCH3 is 1. The summed E-state index contributed by atoms with van der Waals surface area (Å²) >= 11 is 0. The van der Waals surface area contributed by atoms with Gasteiger partial charge in [-0.2, -0.15) is 0 Å². The summed E-state index contributed by atoms with van der Waals surface area (Å²) in [5.74, 6) is 0.574. The zero-order valence-corrected chi connectivity index (χ0v) is 17.0. The molecule has 0 aromatic carbocycles. The first-order valence-corrected chi connectivity index (χ1v) is 10.6. The molecule has 8 nitrogen and oxygen atoms in total. The van der Waals surface area contributed by atoms with Gasteiger partial charge in [-0.1, -0.05) is 13.3 Å². The molecule has 8 heteroatoms. The second-order valence-corrected chi connectivity index (χ2v) is 8.94. The molecule has 3 atom stereocenters. The molecule has 4 fully saturated rings. The van der Waals surface area contributed by atoms with Gasteiger partial charge in [-0.05, 0) is 37.0 Å². The quantitative estimate of drug-likeness (QED) is 0.785. The fourth-order valence-electron chi connectivity index (χ4n) is 6.16. The van der Waals surface area contributed by atoms with Gasteiger partial charge < -0.3 is 19.5 Å². The van der Waals surface area contributed by atoms with E-state index in [9.17, 15) is 14.7 Å². The highest BCUT2D eigenvalue weighted by Crippen LogP contribution is 2.56. The van der Waals surface area contributed by atoms with Gasteiger partial charge in [-0.25, -0.2) is 9.59 Å². The lowest BCUT2D eigenvalue weighted by molar-refractivity contribution is -0.0987. The molecule has 0 bridgehead atoms. The minimum absolute atomic E-state index is 0.153. The SMILES string of the molecule is CCC1C(N2CCC(N(C(=O)OC)C3COC3)CC2)CC12CCN(C(=O)O)C2. The number of carbonyl (C=O) groups is 2. The van der Waals surface area contributed by atoms with Crippen LogP contribution in [-0.2, 0) is 9.47 Å². The molecule has 3 heterocycles. The third kappa shape index (κ3) is 3.24. The van der Waals surface area contributed by atoms with Gasteiger partial charge in [-0.15, -0.1) is 0 Å². The Morgan fingerprint density at radius 3 is 2.43 bits per heavy atom. The van der Waals surface area contributed by atoms with E-state index in [0.717, 1.165) is 45.2 Å². The minimum atomic E-state index is -0.779. The minimum Gasteiger partial charge on any atom is -0.465 e. The Labute approximate surface area is 166 Å². The number of nitrogens with zero attached hydrogens (tertiary/aromatic N) is 3. The van der Waals surface area contributed by atoms with E-state index in [1.165, 1.54) is 7.11 Å². The fraction of sp³-hybridized carbons (Fsp3) is 0.900. The Bertz CT molecular complexity index is 605. The van der Waals surface area contributed by atoms with E-state index in [1.54, 1.807) is 4.90 Å². The van der Waals surface area contributed by atoms with Crippen LogP contribution in [0, 0.1) is 11.3 Å². The molecule has 28 heavy (non-hydrogen) atoms. The third-order valence-electron chi connectivity index (χ3n) is 7.72. The van der Waals surface area contributed by atoms with E-state index in [1.807, 2.05) is 4.90 Å².